The molecular formula is C14H20N6. The van der Waals surface area contributed by atoms with E-state index >= 15 is 0 Å². The molecule has 1 saturated heterocycles. The summed E-state index contributed by atoms with van der Waals surface area (Å²) in [4.78, 5) is 10.8. The second-order valence-corrected chi connectivity index (χ2v) is 5.45. The SMILES string of the molecule is Cc1cnn(C[C@H]2CCCN2c2cc(C)nc(N)n2)c1. The minimum atomic E-state index is 0.348. The molecule has 0 spiro atoms. The quantitative estimate of drug-likeness (QED) is 0.917. The average Bonchev–Trinajstić information content (AvgIpc) is 2.98. The van der Waals surface area contributed by atoms with Crippen LogP contribution in [0.5, 0.6) is 0 Å². The molecule has 0 amide bonds. The smallest absolute Gasteiger partial charge is 0.222 e. The summed E-state index contributed by atoms with van der Waals surface area (Å²) in [5.74, 6) is 1.28. The van der Waals surface area contributed by atoms with Crippen molar-refractivity contribution in [1.29, 1.82) is 0 Å². The van der Waals surface area contributed by atoms with Gasteiger partial charge in [0.2, 0.25) is 5.95 Å². The fourth-order valence-electron chi connectivity index (χ4n) is 2.83. The third-order valence-corrected chi connectivity index (χ3v) is 3.69. The molecule has 1 aliphatic heterocycles. The van der Waals surface area contributed by atoms with Gasteiger partial charge < -0.3 is 10.6 Å². The number of hydrogen-bond acceptors (Lipinski definition) is 5. The Bertz CT molecular complexity index is 585. The maximum Gasteiger partial charge on any atom is 0.222 e. The zero-order valence-electron chi connectivity index (χ0n) is 12.0. The summed E-state index contributed by atoms with van der Waals surface area (Å²) in [7, 11) is 0. The van der Waals surface area contributed by atoms with Crippen molar-refractivity contribution in [2.45, 2.75) is 39.3 Å². The van der Waals surface area contributed by atoms with Gasteiger partial charge >= 0.3 is 0 Å². The van der Waals surface area contributed by atoms with Crippen molar-refractivity contribution < 1.29 is 0 Å². The van der Waals surface area contributed by atoms with Gasteiger partial charge in [-0.1, -0.05) is 0 Å². The van der Waals surface area contributed by atoms with Gasteiger partial charge in [-0.05, 0) is 32.3 Å². The van der Waals surface area contributed by atoms with Crippen molar-refractivity contribution >= 4 is 11.8 Å². The summed E-state index contributed by atoms with van der Waals surface area (Å²) in [6.45, 7) is 5.91. The molecule has 0 bridgehead atoms. The number of aromatic nitrogens is 4. The van der Waals surface area contributed by atoms with Gasteiger partial charge in [0, 0.05) is 24.5 Å². The van der Waals surface area contributed by atoms with E-state index in [0.29, 0.717) is 12.0 Å². The van der Waals surface area contributed by atoms with Crippen LogP contribution in [0, 0.1) is 13.8 Å². The van der Waals surface area contributed by atoms with E-state index in [1.165, 1.54) is 12.0 Å². The highest BCUT2D eigenvalue weighted by molar-refractivity contribution is 5.45. The van der Waals surface area contributed by atoms with Crippen LogP contribution in [0.4, 0.5) is 11.8 Å². The summed E-state index contributed by atoms with van der Waals surface area (Å²) in [6.07, 6.45) is 6.30. The lowest BCUT2D eigenvalue weighted by atomic mass is 10.2. The molecule has 20 heavy (non-hydrogen) atoms. The molecule has 0 radical (unpaired) electrons. The van der Waals surface area contributed by atoms with Gasteiger partial charge in [-0.15, -0.1) is 0 Å². The molecule has 0 saturated carbocycles. The lowest BCUT2D eigenvalue weighted by Gasteiger charge is -2.26. The van der Waals surface area contributed by atoms with Crippen LogP contribution in [-0.4, -0.2) is 32.3 Å². The summed E-state index contributed by atoms with van der Waals surface area (Å²) < 4.78 is 2.01. The minimum absolute atomic E-state index is 0.348. The van der Waals surface area contributed by atoms with Crippen LogP contribution in [0.2, 0.25) is 0 Å². The molecule has 3 rings (SSSR count). The first-order valence-corrected chi connectivity index (χ1v) is 6.98. The Labute approximate surface area is 118 Å². The van der Waals surface area contributed by atoms with E-state index in [9.17, 15) is 0 Å². The zero-order valence-corrected chi connectivity index (χ0v) is 12.0. The number of hydrogen-bond donors (Lipinski definition) is 1. The highest BCUT2D eigenvalue weighted by atomic mass is 15.3. The number of rotatable bonds is 3. The third kappa shape index (κ3) is 2.59. The molecule has 6 heteroatoms. The van der Waals surface area contributed by atoms with Crippen LogP contribution < -0.4 is 10.6 Å². The second kappa shape index (κ2) is 5.11. The number of nitrogens with two attached hydrogens (primary N) is 1. The Morgan fingerprint density at radius 3 is 2.90 bits per heavy atom. The summed E-state index contributed by atoms with van der Waals surface area (Å²) in [5.41, 5.74) is 7.86. The van der Waals surface area contributed by atoms with Crippen LogP contribution in [0.3, 0.4) is 0 Å². The lowest BCUT2D eigenvalue weighted by molar-refractivity contribution is 0.507. The van der Waals surface area contributed by atoms with Gasteiger partial charge in [-0.3, -0.25) is 4.68 Å². The van der Waals surface area contributed by atoms with Gasteiger partial charge in [0.05, 0.1) is 18.8 Å². The molecule has 1 fully saturated rings. The molecular weight excluding hydrogens is 252 g/mol. The van der Waals surface area contributed by atoms with E-state index in [1.54, 1.807) is 0 Å². The number of anilines is 2. The molecule has 6 nitrogen and oxygen atoms in total. The maximum absolute atomic E-state index is 5.76. The topological polar surface area (TPSA) is 72.9 Å². The Morgan fingerprint density at radius 1 is 1.35 bits per heavy atom. The first-order chi connectivity index (χ1) is 9.61. The summed E-state index contributed by atoms with van der Waals surface area (Å²) in [6, 6.07) is 2.42. The molecule has 2 aromatic rings. The predicted molar refractivity (Wildman–Crippen MR) is 78.5 cm³/mol. The minimum Gasteiger partial charge on any atom is -0.368 e. The molecule has 3 heterocycles. The van der Waals surface area contributed by atoms with Crippen LogP contribution in [0.1, 0.15) is 24.1 Å². The Hall–Kier alpha value is -2.11. The Balaban J connectivity index is 1.81. The molecule has 1 aliphatic rings. The molecule has 0 aliphatic carbocycles. The number of nitrogen functional groups attached to an aromatic ring is 1. The summed E-state index contributed by atoms with van der Waals surface area (Å²) in [5, 5.41) is 4.38. The van der Waals surface area contributed by atoms with Gasteiger partial charge in [-0.2, -0.15) is 10.1 Å². The average molecular weight is 272 g/mol. The lowest BCUT2D eigenvalue weighted by Crippen LogP contribution is -2.34. The fourth-order valence-corrected chi connectivity index (χ4v) is 2.83. The molecule has 2 N–H and O–H groups in total. The predicted octanol–water partition coefficient (Wildman–Crippen LogP) is 1.54. The molecule has 0 aromatic carbocycles. The first-order valence-electron chi connectivity index (χ1n) is 6.98. The van der Waals surface area contributed by atoms with Crippen LogP contribution in [0.25, 0.3) is 0 Å². The van der Waals surface area contributed by atoms with Gasteiger partial charge in [0.15, 0.2) is 0 Å². The van der Waals surface area contributed by atoms with E-state index in [-0.39, 0.29) is 0 Å². The Morgan fingerprint density at radius 2 is 2.20 bits per heavy atom. The largest absolute Gasteiger partial charge is 0.368 e. The van der Waals surface area contributed by atoms with E-state index in [1.807, 2.05) is 23.9 Å². The highest BCUT2D eigenvalue weighted by Gasteiger charge is 2.26. The van der Waals surface area contributed by atoms with Crippen molar-refractivity contribution in [3.8, 4) is 0 Å². The van der Waals surface area contributed by atoms with E-state index in [0.717, 1.165) is 31.0 Å². The maximum atomic E-state index is 5.76. The van der Waals surface area contributed by atoms with Crippen molar-refractivity contribution in [3.05, 3.63) is 29.7 Å². The Kier molecular flexibility index (Phi) is 3.30. The molecule has 2 aromatic heterocycles. The third-order valence-electron chi connectivity index (χ3n) is 3.69. The summed E-state index contributed by atoms with van der Waals surface area (Å²) >= 11 is 0. The monoisotopic (exact) mass is 272 g/mol. The molecule has 106 valence electrons. The number of aryl methyl sites for hydroxylation is 2. The van der Waals surface area contributed by atoms with Crippen LogP contribution in [0.15, 0.2) is 18.5 Å². The van der Waals surface area contributed by atoms with Crippen molar-refractivity contribution in [1.82, 2.24) is 19.7 Å². The number of nitrogens with zero attached hydrogens (tertiary/aromatic N) is 5. The zero-order chi connectivity index (χ0) is 14.1. The standard InChI is InChI=1S/C14H20N6/c1-10-7-16-19(8-10)9-12-4-3-5-20(12)13-6-11(2)17-14(15)18-13/h6-8,12H,3-5,9H2,1-2H3,(H2,15,17,18)/t12-/m1/s1. The van der Waals surface area contributed by atoms with Crippen molar-refractivity contribution in [3.63, 3.8) is 0 Å². The second-order valence-electron chi connectivity index (χ2n) is 5.45. The first kappa shape index (κ1) is 12.9. The van der Waals surface area contributed by atoms with Crippen molar-refractivity contribution in [2.24, 2.45) is 0 Å². The molecule has 1 atom stereocenters. The van der Waals surface area contributed by atoms with E-state index < -0.39 is 0 Å². The van der Waals surface area contributed by atoms with Crippen molar-refractivity contribution in [2.75, 3.05) is 17.2 Å². The van der Waals surface area contributed by atoms with Gasteiger partial charge in [0.1, 0.15) is 5.82 Å². The van der Waals surface area contributed by atoms with Gasteiger partial charge in [-0.25, -0.2) is 4.98 Å². The van der Waals surface area contributed by atoms with E-state index in [4.69, 9.17) is 5.73 Å². The fraction of sp³-hybridized carbons (Fsp3) is 0.500. The van der Waals surface area contributed by atoms with E-state index in [2.05, 4.69) is 33.1 Å². The van der Waals surface area contributed by atoms with Crippen LogP contribution >= 0.6 is 0 Å². The normalized spacial score (nSPS) is 18.7. The highest BCUT2D eigenvalue weighted by Crippen LogP contribution is 2.25. The molecule has 0 unspecified atom stereocenters. The van der Waals surface area contributed by atoms with Gasteiger partial charge in [0.25, 0.3) is 0 Å². The van der Waals surface area contributed by atoms with Crippen LogP contribution in [-0.2, 0) is 6.54 Å².